The molecule has 3 heterocycles. The van der Waals surface area contributed by atoms with Crippen molar-refractivity contribution in [2.45, 2.75) is 6.92 Å². The van der Waals surface area contributed by atoms with E-state index in [0.29, 0.717) is 0 Å². The van der Waals surface area contributed by atoms with Crippen LogP contribution in [-0.4, -0.2) is 19.4 Å². The minimum atomic E-state index is 0.730. The molecule has 2 aromatic carbocycles. The van der Waals surface area contributed by atoms with Crippen LogP contribution in [0.5, 0.6) is 0 Å². The first kappa shape index (κ1) is 18.6. The Morgan fingerprint density at radius 1 is 0.839 bits per heavy atom. The van der Waals surface area contributed by atoms with E-state index in [1.807, 2.05) is 90.3 Å². The van der Waals surface area contributed by atoms with Crippen molar-refractivity contribution < 1.29 is 0 Å². The number of pyridine rings is 1. The van der Waals surface area contributed by atoms with Crippen LogP contribution in [0.4, 0.5) is 11.5 Å². The van der Waals surface area contributed by atoms with E-state index in [0.717, 1.165) is 45.4 Å². The van der Waals surface area contributed by atoms with Crippen molar-refractivity contribution in [3.63, 3.8) is 0 Å². The van der Waals surface area contributed by atoms with Crippen LogP contribution in [0.25, 0.3) is 16.9 Å². The van der Waals surface area contributed by atoms with Crippen molar-refractivity contribution in [3.8, 4) is 23.1 Å². The predicted octanol–water partition coefficient (Wildman–Crippen LogP) is 5.24. The van der Waals surface area contributed by atoms with Gasteiger partial charge in [0.25, 0.3) is 0 Å². The Kier molecular flexibility index (Phi) is 4.88. The van der Waals surface area contributed by atoms with Crippen LogP contribution >= 0.6 is 0 Å². The highest BCUT2D eigenvalue weighted by Crippen LogP contribution is 2.32. The van der Waals surface area contributed by atoms with Gasteiger partial charge in [0.1, 0.15) is 17.2 Å². The molecule has 0 radical (unpaired) electrons. The fourth-order valence-electron chi connectivity index (χ4n) is 3.41. The van der Waals surface area contributed by atoms with Crippen molar-refractivity contribution in [1.82, 2.24) is 19.4 Å². The van der Waals surface area contributed by atoms with Crippen molar-refractivity contribution in [2.75, 3.05) is 5.32 Å². The molecule has 5 aromatic rings. The highest BCUT2D eigenvalue weighted by molar-refractivity contribution is 5.80. The number of hydrogen-bond donors (Lipinski definition) is 1. The quantitative estimate of drug-likeness (QED) is 0.420. The molecule has 5 rings (SSSR count). The molecule has 1 N–H and O–H groups in total. The average Bonchev–Trinajstić information content (AvgIpc) is 3.17. The van der Waals surface area contributed by atoms with Crippen molar-refractivity contribution in [1.29, 1.82) is 0 Å². The smallest absolute Gasteiger partial charge is 0.157 e. The maximum atomic E-state index is 4.83. The van der Waals surface area contributed by atoms with Gasteiger partial charge in [0.05, 0.1) is 6.20 Å². The number of hydrogen-bond acceptors (Lipinski definition) is 4. The van der Waals surface area contributed by atoms with Crippen molar-refractivity contribution >= 4 is 17.2 Å². The monoisotopic (exact) mass is 401 g/mol. The number of para-hydroxylation sites is 1. The van der Waals surface area contributed by atoms with Crippen LogP contribution in [-0.2, 0) is 0 Å². The Morgan fingerprint density at radius 2 is 1.61 bits per heavy atom. The van der Waals surface area contributed by atoms with E-state index in [1.54, 1.807) is 12.4 Å². The molecule has 0 atom stereocenters. The lowest BCUT2D eigenvalue weighted by molar-refractivity contribution is 1.13. The van der Waals surface area contributed by atoms with Crippen LogP contribution in [0.15, 0.2) is 91.4 Å². The highest BCUT2D eigenvalue weighted by atomic mass is 15.1. The predicted molar refractivity (Wildman–Crippen MR) is 123 cm³/mol. The topological polar surface area (TPSA) is 55.1 Å². The van der Waals surface area contributed by atoms with Crippen LogP contribution in [0, 0.1) is 18.8 Å². The fourth-order valence-corrected chi connectivity index (χ4v) is 3.41. The van der Waals surface area contributed by atoms with E-state index in [4.69, 9.17) is 9.97 Å². The first-order valence-electron chi connectivity index (χ1n) is 9.97. The summed E-state index contributed by atoms with van der Waals surface area (Å²) in [4.78, 5) is 13.8. The first-order chi connectivity index (χ1) is 15.3. The molecule has 0 unspecified atom stereocenters. The van der Waals surface area contributed by atoms with Gasteiger partial charge in [0.2, 0.25) is 0 Å². The molecule has 31 heavy (non-hydrogen) atoms. The zero-order chi connectivity index (χ0) is 21.0. The van der Waals surface area contributed by atoms with Crippen molar-refractivity contribution in [2.24, 2.45) is 0 Å². The molecule has 0 aliphatic heterocycles. The standard InChI is InChI=1S/C26H19N5/c1-19-23(15-14-22(28-19)13-12-20-8-4-2-5-9-20)25-26(29-21-10-6-3-7-11-21)31-17-16-27-18-24(31)30-25/h2-11,14-18,29H,1H3. The number of imidazole rings is 1. The van der Waals surface area contributed by atoms with Gasteiger partial charge in [0.15, 0.2) is 5.65 Å². The van der Waals surface area contributed by atoms with Crippen LogP contribution in [0.3, 0.4) is 0 Å². The Morgan fingerprint density at radius 3 is 2.39 bits per heavy atom. The lowest BCUT2D eigenvalue weighted by atomic mass is 10.1. The molecule has 0 saturated carbocycles. The molecule has 148 valence electrons. The molecule has 0 aliphatic carbocycles. The molecule has 0 fully saturated rings. The minimum Gasteiger partial charge on any atom is -0.339 e. The van der Waals surface area contributed by atoms with Crippen LogP contribution < -0.4 is 5.32 Å². The molecule has 0 amide bonds. The molecule has 0 saturated heterocycles. The zero-order valence-corrected chi connectivity index (χ0v) is 16.9. The van der Waals surface area contributed by atoms with Gasteiger partial charge in [-0.15, -0.1) is 0 Å². The lowest BCUT2D eigenvalue weighted by Gasteiger charge is -2.10. The number of nitrogens with one attached hydrogen (secondary N) is 1. The van der Waals surface area contributed by atoms with Gasteiger partial charge in [-0.3, -0.25) is 9.38 Å². The Bertz CT molecular complexity index is 1410. The van der Waals surface area contributed by atoms with Crippen molar-refractivity contribution in [3.05, 3.63) is 108 Å². The van der Waals surface area contributed by atoms with E-state index >= 15 is 0 Å². The van der Waals surface area contributed by atoms with Gasteiger partial charge >= 0.3 is 0 Å². The average molecular weight is 401 g/mol. The largest absolute Gasteiger partial charge is 0.339 e. The Hall–Kier alpha value is -4.43. The summed E-state index contributed by atoms with van der Waals surface area (Å²) in [7, 11) is 0. The number of benzene rings is 2. The maximum absolute atomic E-state index is 4.83. The van der Waals surface area contributed by atoms with Gasteiger partial charge < -0.3 is 5.32 Å². The summed E-state index contributed by atoms with van der Waals surface area (Å²) in [6.07, 6.45) is 5.41. The van der Waals surface area contributed by atoms with E-state index < -0.39 is 0 Å². The number of aryl methyl sites for hydroxylation is 1. The summed E-state index contributed by atoms with van der Waals surface area (Å²) >= 11 is 0. The molecule has 0 bridgehead atoms. The molecule has 0 spiro atoms. The highest BCUT2D eigenvalue weighted by Gasteiger charge is 2.17. The Labute approximate surface area is 180 Å². The summed E-state index contributed by atoms with van der Waals surface area (Å²) in [5.41, 5.74) is 6.09. The number of fused-ring (bicyclic) bond motifs is 1. The third-order valence-corrected chi connectivity index (χ3v) is 4.92. The van der Waals surface area contributed by atoms with Gasteiger partial charge in [-0.25, -0.2) is 9.97 Å². The van der Waals surface area contributed by atoms with Gasteiger partial charge in [-0.2, -0.15) is 0 Å². The molecule has 5 heteroatoms. The molecule has 0 aliphatic rings. The van der Waals surface area contributed by atoms with E-state index in [2.05, 4.69) is 22.1 Å². The number of nitrogens with zero attached hydrogens (tertiary/aromatic N) is 4. The summed E-state index contributed by atoms with van der Waals surface area (Å²) < 4.78 is 2.00. The van der Waals surface area contributed by atoms with E-state index in [9.17, 15) is 0 Å². The summed E-state index contributed by atoms with van der Waals surface area (Å²) in [5, 5.41) is 3.50. The van der Waals surface area contributed by atoms with Gasteiger partial charge in [0, 0.05) is 34.9 Å². The minimum absolute atomic E-state index is 0.730. The van der Waals surface area contributed by atoms with Gasteiger partial charge in [-0.1, -0.05) is 42.3 Å². The maximum Gasteiger partial charge on any atom is 0.157 e. The fraction of sp³-hybridized carbons (Fsp3) is 0.0385. The lowest BCUT2D eigenvalue weighted by Crippen LogP contribution is -1.98. The molecule has 3 aromatic heterocycles. The van der Waals surface area contributed by atoms with E-state index in [1.165, 1.54) is 0 Å². The number of aromatic nitrogens is 4. The second-order valence-electron chi connectivity index (χ2n) is 7.05. The first-order valence-corrected chi connectivity index (χ1v) is 9.97. The number of rotatable bonds is 3. The van der Waals surface area contributed by atoms with Crippen LogP contribution in [0.2, 0.25) is 0 Å². The molecular formula is C26H19N5. The zero-order valence-electron chi connectivity index (χ0n) is 16.9. The second kappa shape index (κ2) is 8.13. The normalized spacial score (nSPS) is 10.5. The number of anilines is 2. The molecule has 5 nitrogen and oxygen atoms in total. The molecular weight excluding hydrogens is 382 g/mol. The summed E-state index contributed by atoms with van der Waals surface area (Å²) in [5.74, 6) is 7.18. The van der Waals surface area contributed by atoms with E-state index in [-0.39, 0.29) is 0 Å². The summed E-state index contributed by atoms with van der Waals surface area (Å²) in [6, 6.07) is 23.9. The second-order valence-corrected chi connectivity index (χ2v) is 7.05. The SMILES string of the molecule is Cc1nc(C#Cc2ccccc2)ccc1-c1nc2cnccn2c1Nc1ccccc1. The third-order valence-electron chi connectivity index (χ3n) is 4.92. The Balaban J connectivity index is 1.56. The van der Waals surface area contributed by atoms with Gasteiger partial charge in [-0.05, 0) is 49.2 Å². The third kappa shape index (κ3) is 3.87. The summed E-state index contributed by atoms with van der Waals surface area (Å²) in [6.45, 7) is 1.98. The van der Waals surface area contributed by atoms with Crippen LogP contribution in [0.1, 0.15) is 17.0 Å².